The summed E-state index contributed by atoms with van der Waals surface area (Å²) in [6, 6.07) is 67.8. The van der Waals surface area contributed by atoms with E-state index < -0.39 is 5.41 Å². The summed E-state index contributed by atoms with van der Waals surface area (Å²) >= 11 is 0. The number of benzene rings is 7. The first-order valence-corrected chi connectivity index (χ1v) is 17.1. The molecule has 1 heterocycles. The lowest BCUT2D eigenvalue weighted by Crippen LogP contribution is -2.28. The van der Waals surface area contributed by atoms with Crippen molar-refractivity contribution < 1.29 is 0 Å². The van der Waals surface area contributed by atoms with Crippen LogP contribution in [-0.4, -0.2) is 9.97 Å². The summed E-state index contributed by atoms with van der Waals surface area (Å²) in [6.45, 7) is 0. The zero-order valence-corrected chi connectivity index (χ0v) is 27.7. The first kappa shape index (κ1) is 30.2. The maximum Gasteiger partial charge on any atom is 0.160 e. The summed E-state index contributed by atoms with van der Waals surface area (Å²) in [7, 11) is 0. The molecule has 0 atom stereocenters. The van der Waals surface area contributed by atoms with Crippen molar-refractivity contribution in [3.8, 4) is 62.2 Å². The van der Waals surface area contributed by atoms with Crippen LogP contribution in [0.3, 0.4) is 0 Å². The summed E-state index contributed by atoms with van der Waals surface area (Å²) in [6.07, 6.45) is 0. The Labute approximate surface area is 297 Å². The van der Waals surface area contributed by atoms with Crippen LogP contribution in [0.4, 0.5) is 0 Å². The lowest BCUT2D eigenvalue weighted by Gasteiger charge is -2.34. The standard InChI is InChI=1S/C48H31N3/c49-32-38-21-14-26-43-46(38)41-30-36(27-28-42(41)48(43,39-22-9-3-10-23-39)40-24-11-4-12-25-40)35-19-13-20-37(29-35)45-31-44(33-15-5-1-6-16-33)50-47(51-45)34-17-7-2-8-18-34/h1-31H. The van der Waals surface area contributed by atoms with Crippen LogP contribution in [0.2, 0.25) is 0 Å². The van der Waals surface area contributed by atoms with E-state index in [1.165, 1.54) is 16.7 Å². The van der Waals surface area contributed by atoms with Crippen LogP contribution < -0.4 is 0 Å². The molecule has 1 aromatic heterocycles. The van der Waals surface area contributed by atoms with Crippen molar-refractivity contribution in [1.82, 2.24) is 9.97 Å². The van der Waals surface area contributed by atoms with Gasteiger partial charge in [0.15, 0.2) is 5.82 Å². The number of nitriles is 1. The molecule has 3 heteroatoms. The summed E-state index contributed by atoms with van der Waals surface area (Å²) < 4.78 is 0. The smallest absolute Gasteiger partial charge is 0.160 e. The Hall–Kier alpha value is -6.89. The molecule has 0 aliphatic heterocycles. The van der Waals surface area contributed by atoms with Gasteiger partial charge >= 0.3 is 0 Å². The third kappa shape index (κ3) is 5.05. The van der Waals surface area contributed by atoms with Crippen molar-refractivity contribution in [2.24, 2.45) is 0 Å². The molecule has 0 N–H and O–H groups in total. The summed E-state index contributed by atoms with van der Waals surface area (Å²) in [4.78, 5) is 10.1. The Morgan fingerprint density at radius 1 is 0.412 bits per heavy atom. The first-order chi connectivity index (χ1) is 25.2. The molecule has 9 rings (SSSR count). The van der Waals surface area contributed by atoms with Crippen LogP contribution in [-0.2, 0) is 5.41 Å². The van der Waals surface area contributed by atoms with Crippen molar-refractivity contribution in [2.45, 2.75) is 5.41 Å². The lowest BCUT2D eigenvalue weighted by atomic mass is 9.67. The molecule has 51 heavy (non-hydrogen) atoms. The average Bonchev–Trinajstić information content (AvgIpc) is 3.53. The number of fused-ring (bicyclic) bond motifs is 3. The largest absolute Gasteiger partial charge is 0.228 e. The maximum atomic E-state index is 10.4. The Morgan fingerprint density at radius 2 is 0.941 bits per heavy atom. The monoisotopic (exact) mass is 649 g/mol. The minimum Gasteiger partial charge on any atom is -0.228 e. The van der Waals surface area contributed by atoms with Crippen LogP contribution in [0.5, 0.6) is 0 Å². The SMILES string of the molecule is N#Cc1cccc2c1-c1cc(-c3cccc(-c4cc(-c5ccccc5)nc(-c5ccccc5)n4)c3)ccc1C2(c1ccccc1)c1ccccc1. The topological polar surface area (TPSA) is 49.6 Å². The Morgan fingerprint density at radius 3 is 1.59 bits per heavy atom. The van der Waals surface area contributed by atoms with E-state index in [-0.39, 0.29) is 0 Å². The fraction of sp³-hybridized carbons (Fsp3) is 0.0208. The minimum absolute atomic E-state index is 0.566. The number of aromatic nitrogens is 2. The zero-order valence-electron chi connectivity index (χ0n) is 27.7. The van der Waals surface area contributed by atoms with Gasteiger partial charge in [0.25, 0.3) is 0 Å². The molecule has 0 fully saturated rings. The van der Waals surface area contributed by atoms with Gasteiger partial charge in [-0.3, -0.25) is 0 Å². The number of nitrogens with zero attached hydrogens (tertiary/aromatic N) is 3. The molecule has 1 aliphatic rings. The highest BCUT2D eigenvalue weighted by molar-refractivity contribution is 5.92. The van der Waals surface area contributed by atoms with E-state index in [2.05, 4.69) is 133 Å². The highest BCUT2D eigenvalue weighted by atomic mass is 14.9. The fourth-order valence-corrected chi connectivity index (χ4v) is 7.74. The van der Waals surface area contributed by atoms with Gasteiger partial charge < -0.3 is 0 Å². The number of hydrogen-bond donors (Lipinski definition) is 0. The second-order valence-electron chi connectivity index (χ2n) is 12.9. The average molecular weight is 650 g/mol. The van der Waals surface area contributed by atoms with Crippen molar-refractivity contribution in [3.05, 3.63) is 216 Å². The fourth-order valence-electron chi connectivity index (χ4n) is 7.74. The molecule has 0 saturated carbocycles. The summed E-state index contributed by atoms with van der Waals surface area (Å²) in [5.41, 5.74) is 13.7. The van der Waals surface area contributed by atoms with Crippen molar-refractivity contribution in [1.29, 1.82) is 5.26 Å². The maximum absolute atomic E-state index is 10.4. The van der Waals surface area contributed by atoms with Gasteiger partial charge in [-0.2, -0.15) is 5.26 Å². The van der Waals surface area contributed by atoms with E-state index in [0.717, 1.165) is 55.9 Å². The molecule has 8 aromatic rings. The predicted octanol–water partition coefficient (Wildman–Crippen LogP) is 11.4. The van der Waals surface area contributed by atoms with Crippen LogP contribution in [0, 0.1) is 11.3 Å². The zero-order chi connectivity index (χ0) is 34.2. The first-order valence-electron chi connectivity index (χ1n) is 17.1. The van der Waals surface area contributed by atoms with E-state index in [4.69, 9.17) is 9.97 Å². The van der Waals surface area contributed by atoms with Gasteiger partial charge in [0, 0.05) is 22.3 Å². The van der Waals surface area contributed by atoms with Gasteiger partial charge in [0.2, 0.25) is 0 Å². The molecular formula is C48H31N3. The molecule has 0 radical (unpaired) electrons. The van der Waals surface area contributed by atoms with Crippen LogP contribution in [0.25, 0.3) is 56.2 Å². The lowest BCUT2D eigenvalue weighted by molar-refractivity contribution is 0.768. The van der Waals surface area contributed by atoms with Gasteiger partial charge in [-0.1, -0.05) is 164 Å². The quantitative estimate of drug-likeness (QED) is 0.180. The van der Waals surface area contributed by atoms with Crippen molar-refractivity contribution in [3.63, 3.8) is 0 Å². The van der Waals surface area contributed by atoms with Crippen molar-refractivity contribution in [2.75, 3.05) is 0 Å². The van der Waals surface area contributed by atoms with Gasteiger partial charge in [0.1, 0.15) is 0 Å². The molecule has 0 spiro atoms. The van der Waals surface area contributed by atoms with E-state index in [1.54, 1.807) is 0 Å². The van der Waals surface area contributed by atoms with Gasteiger partial charge in [-0.05, 0) is 63.2 Å². The molecular weight excluding hydrogens is 619 g/mol. The highest BCUT2D eigenvalue weighted by Crippen LogP contribution is 2.57. The Balaban J connectivity index is 1.23. The summed E-state index contributed by atoms with van der Waals surface area (Å²) in [5, 5.41) is 10.4. The number of rotatable bonds is 6. The van der Waals surface area contributed by atoms with E-state index >= 15 is 0 Å². The normalized spacial score (nSPS) is 12.5. The van der Waals surface area contributed by atoms with Gasteiger partial charge in [-0.25, -0.2) is 9.97 Å². The molecule has 0 amide bonds. The molecule has 1 aliphatic carbocycles. The van der Waals surface area contributed by atoms with Crippen molar-refractivity contribution >= 4 is 0 Å². The van der Waals surface area contributed by atoms with Crippen LogP contribution in [0.15, 0.2) is 188 Å². The molecule has 3 nitrogen and oxygen atoms in total. The molecule has 0 bridgehead atoms. The number of hydrogen-bond acceptors (Lipinski definition) is 3. The second kappa shape index (κ2) is 12.5. The third-order valence-corrected chi connectivity index (χ3v) is 10.0. The van der Waals surface area contributed by atoms with Crippen LogP contribution >= 0.6 is 0 Å². The second-order valence-corrected chi connectivity index (χ2v) is 12.9. The predicted molar refractivity (Wildman–Crippen MR) is 206 cm³/mol. The highest BCUT2D eigenvalue weighted by Gasteiger charge is 2.46. The van der Waals surface area contributed by atoms with E-state index in [0.29, 0.717) is 11.4 Å². The Bertz CT molecular complexity index is 2470. The van der Waals surface area contributed by atoms with E-state index in [1.807, 2.05) is 60.7 Å². The minimum atomic E-state index is -0.566. The van der Waals surface area contributed by atoms with Gasteiger partial charge in [0.05, 0.1) is 28.4 Å². The van der Waals surface area contributed by atoms with Gasteiger partial charge in [-0.15, -0.1) is 0 Å². The molecule has 238 valence electrons. The molecule has 0 saturated heterocycles. The Kier molecular flexibility index (Phi) is 7.42. The molecule has 0 unspecified atom stereocenters. The van der Waals surface area contributed by atoms with Crippen LogP contribution in [0.1, 0.15) is 27.8 Å². The summed E-state index contributed by atoms with van der Waals surface area (Å²) in [5.74, 6) is 0.689. The third-order valence-electron chi connectivity index (χ3n) is 10.0. The molecule has 7 aromatic carbocycles. The van der Waals surface area contributed by atoms with E-state index in [9.17, 15) is 5.26 Å².